The van der Waals surface area contributed by atoms with Crippen LogP contribution in [0.15, 0.2) is 59.3 Å². The van der Waals surface area contributed by atoms with Gasteiger partial charge in [0, 0.05) is 37.2 Å². The molecule has 0 atom stereocenters. The summed E-state index contributed by atoms with van der Waals surface area (Å²) in [6.45, 7) is 0. The maximum atomic E-state index is 4.15. The minimum absolute atomic E-state index is 0.0483. The molecule has 0 unspecified atom stereocenters. The predicted octanol–water partition coefficient (Wildman–Crippen LogP) is 1.76. The first-order valence-electron chi connectivity index (χ1n) is 4.62. The molecule has 4 nitrogen and oxygen atoms in total. The molecular weight excluding hydrogens is 684 g/mol. The Morgan fingerprint density at radius 1 is 0.944 bits per heavy atom. The molecule has 96 valence electrons. The Balaban J connectivity index is 0.000000771. The Morgan fingerprint density at radius 2 is 1.44 bits per heavy atom. The van der Waals surface area contributed by atoms with E-state index < -0.39 is 0 Å². The molecule has 0 amide bonds. The van der Waals surface area contributed by atoms with Crippen molar-refractivity contribution in [3.05, 3.63) is 49.1 Å². The SMILES string of the molecule is II.I[I-][n+]1ccc(N=Nc2ccncc2)cc1. The van der Waals surface area contributed by atoms with Gasteiger partial charge in [-0.2, -0.15) is 0 Å². The molecule has 2 aromatic heterocycles. The summed E-state index contributed by atoms with van der Waals surface area (Å²) in [5.74, 6) is 0. The van der Waals surface area contributed by atoms with Crippen LogP contribution >= 0.6 is 55.8 Å². The van der Waals surface area contributed by atoms with E-state index in [0.717, 1.165) is 11.4 Å². The Hall–Kier alpha value is 0.820. The molecule has 0 aliphatic heterocycles. The Bertz CT molecular complexity index is 475. The Morgan fingerprint density at radius 3 is 1.94 bits per heavy atom. The number of aromatic nitrogens is 2. The van der Waals surface area contributed by atoms with Crippen molar-refractivity contribution < 1.29 is 20.3 Å². The first-order chi connectivity index (χ1) is 8.88. The second kappa shape index (κ2) is 10.6. The summed E-state index contributed by atoms with van der Waals surface area (Å²) in [6, 6.07) is 7.57. The van der Waals surface area contributed by atoms with Gasteiger partial charge < -0.3 is 0 Å². The van der Waals surface area contributed by atoms with Crippen molar-refractivity contribution in [1.29, 1.82) is 0 Å². The standard InChI is InChI=1S/C10H8I2N4.I2/c11-12-16-7-3-10(4-8-16)15-14-9-1-5-13-6-2-9;1-2/h1-8H;. The quantitative estimate of drug-likeness (QED) is 0.358. The van der Waals surface area contributed by atoms with Gasteiger partial charge in [-0.25, -0.2) is 0 Å². The van der Waals surface area contributed by atoms with Gasteiger partial charge in [0.25, 0.3) is 0 Å². The monoisotopic (exact) mass is 692 g/mol. The molecule has 18 heavy (non-hydrogen) atoms. The van der Waals surface area contributed by atoms with Crippen molar-refractivity contribution in [2.75, 3.05) is 0 Å². The first kappa shape index (κ1) is 16.9. The zero-order chi connectivity index (χ0) is 13.2. The van der Waals surface area contributed by atoms with Crippen LogP contribution in [0, 0.1) is 0 Å². The van der Waals surface area contributed by atoms with Crippen LogP contribution in [0.25, 0.3) is 0 Å². The molecule has 0 saturated heterocycles. The molecule has 0 N–H and O–H groups in total. The summed E-state index contributed by atoms with van der Waals surface area (Å²) in [4.78, 5) is 3.92. The summed E-state index contributed by atoms with van der Waals surface area (Å²) in [7, 11) is 0. The number of azo groups is 1. The average Bonchev–Trinajstić information content (AvgIpc) is 2.49. The molecule has 0 aliphatic rings. The topological polar surface area (TPSA) is 41.5 Å². The molecule has 0 spiro atoms. The number of hydrogen-bond acceptors (Lipinski definition) is 3. The van der Waals surface area contributed by atoms with Gasteiger partial charge in [-0.1, -0.05) is 0 Å². The van der Waals surface area contributed by atoms with Gasteiger partial charge in [-0.05, 0) is 0 Å². The van der Waals surface area contributed by atoms with Crippen molar-refractivity contribution in [2.45, 2.75) is 0 Å². The van der Waals surface area contributed by atoms with Crippen LogP contribution in [-0.2, 0) is 0 Å². The molecule has 0 aromatic carbocycles. The van der Waals surface area contributed by atoms with Crippen LogP contribution in [0.2, 0.25) is 0 Å². The molecule has 0 bridgehead atoms. The van der Waals surface area contributed by atoms with E-state index >= 15 is 0 Å². The molecule has 2 rings (SSSR count). The Labute approximate surface area is 149 Å². The molecule has 2 aromatic rings. The summed E-state index contributed by atoms with van der Waals surface area (Å²) in [5, 5.41) is 8.26. The van der Waals surface area contributed by atoms with E-state index in [1.54, 1.807) is 12.4 Å². The predicted molar refractivity (Wildman–Crippen MR) is 92.5 cm³/mol. The van der Waals surface area contributed by atoms with Gasteiger partial charge in [-0.3, -0.25) is 0 Å². The van der Waals surface area contributed by atoms with Crippen LogP contribution in [0.1, 0.15) is 0 Å². The van der Waals surface area contributed by atoms with Gasteiger partial charge in [-0.15, -0.1) is 0 Å². The molecule has 0 radical (unpaired) electrons. The number of hydrogen-bond donors (Lipinski definition) is 0. The number of rotatable bonds is 3. The van der Waals surface area contributed by atoms with Crippen LogP contribution in [0.4, 0.5) is 11.4 Å². The molecule has 8 heteroatoms. The zero-order valence-corrected chi connectivity index (χ0v) is 17.5. The second-order valence-corrected chi connectivity index (χ2v) is 6.80. The zero-order valence-electron chi connectivity index (χ0n) is 8.92. The number of pyridine rings is 2. The third-order valence-corrected chi connectivity index (χ3v) is 5.68. The van der Waals surface area contributed by atoms with Gasteiger partial charge in [0.05, 0.1) is 0 Å². The van der Waals surface area contributed by atoms with E-state index in [-0.39, 0.29) is 17.5 Å². The van der Waals surface area contributed by atoms with Crippen molar-refractivity contribution >= 4 is 67.2 Å². The molecular formula is C10H8I4N4. The second-order valence-electron chi connectivity index (χ2n) is 2.87. The fourth-order valence-corrected chi connectivity index (χ4v) is 3.23. The van der Waals surface area contributed by atoms with Gasteiger partial charge in [0.2, 0.25) is 0 Å². The van der Waals surface area contributed by atoms with Crippen molar-refractivity contribution in [3.63, 3.8) is 0 Å². The number of halogens is 4. The van der Waals surface area contributed by atoms with Gasteiger partial charge in [0.1, 0.15) is 0 Å². The fourth-order valence-electron chi connectivity index (χ4n) is 1.04. The number of nitrogens with zero attached hydrogens (tertiary/aromatic N) is 4. The van der Waals surface area contributed by atoms with Crippen LogP contribution < -0.4 is 20.3 Å². The van der Waals surface area contributed by atoms with Gasteiger partial charge >= 0.3 is 115 Å². The summed E-state index contributed by atoms with van der Waals surface area (Å²) < 4.78 is 2.17. The summed E-state index contributed by atoms with van der Waals surface area (Å²) in [5.41, 5.74) is 1.68. The first-order valence-corrected chi connectivity index (χ1v) is 18.2. The van der Waals surface area contributed by atoms with Crippen molar-refractivity contribution in [2.24, 2.45) is 10.2 Å². The third kappa shape index (κ3) is 6.31. The molecule has 0 fully saturated rings. The van der Waals surface area contributed by atoms with Gasteiger partial charge in [0.15, 0.2) is 0 Å². The minimum atomic E-state index is 0.0483. The van der Waals surface area contributed by atoms with E-state index in [0.29, 0.717) is 0 Å². The van der Waals surface area contributed by atoms with E-state index in [2.05, 4.69) is 73.8 Å². The molecule has 2 heterocycles. The van der Waals surface area contributed by atoms with Crippen LogP contribution in [0.3, 0.4) is 0 Å². The van der Waals surface area contributed by atoms with E-state index in [1.165, 1.54) is 0 Å². The van der Waals surface area contributed by atoms with Crippen LogP contribution in [-0.4, -0.2) is 4.98 Å². The Kier molecular flexibility index (Phi) is 9.93. The van der Waals surface area contributed by atoms with Crippen LogP contribution in [0.5, 0.6) is 0 Å². The van der Waals surface area contributed by atoms with E-state index in [1.807, 2.05) is 36.7 Å². The molecule has 0 saturated carbocycles. The summed E-state index contributed by atoms with van der Waals surface area (Å²) >= 11 is 6.70. The molecule has 0 aliphatic carbocycles. The average molecular weight is 692 g/mol. The van der Waals surface area contributed by atoms with Crippen molar-refractivity contribution in [1.82, 2.24) is 4.98 Å². The van der Waals surface area contributed by atoms with E-state index in [4.69, 9.17) is 0 Å². The maximum absolute atomic E-state index is 4.15. The van der Waals surface area contributed by atoms with E-state index in [9.17, 15) is 0 Å². The fraction of sp³-hybridized carbons (Fsp3) is 0. The summed E-state index contributed by atoms with van der Waals surface area (Å²) in [6.07, 6.45) is 7.46. The third-order valence-electron chi connectivity index (χ3n) is 1.79. The normalized spacial score (nSPS) is 10.2. The van der Waals surface area contributed by atoms with Crippen molar-refractivity contribution in [3.8, 4) is 0 Å².